The number of carbonyl (C=O) groups is 1. The summed E-state index contributed by atoms with van der Waals surface area (Å²) >= 11 is 0. The summed E-state index contributed by atoms with van der Waals surface area (Å²) in [6.45, 7) is 5.97. The molecule has 0 bridgehead atoms. The summed E-state index contributed by atoms with van der Waals surface area (Å²) in [6, 6.07) is 1.97. The number of nitriles is 1. The summed E-state index contributed by atoms with van der Waals surface area (Å²) in [7, 11) is 0. The van der Waals surface area contributed by atoms with Gasteiger partial charge in [0.1, 0.15) is 5.41 Å². The lowest BCUT2D eigenvalue weighted by Crippen LogP contribution is -2.42. The first kappa shape index (κ1) is 12.9. The zero-order chi connectivity index (χ0) is 11.2. The number of amides is 1. The predicted octanol–water partition coefficient (Wildman–Crippen LogP) is 0.767. The van der Waals surface area contributed by atoms with Crippen molar-refractivity contribution in [2.24, 2.45) is 5.41 Å². The van der Waals surface area contributed by atoms with Crippen molar-refractivity contribution in [1.29, 1.82) is 5.26 Å². The maximum Gasteiger partial charge on any atom is 0.242 e. The average molecular weight is 198 g/mol. The highest BCUT2D eigenvalue weighted by atomic mass is 16.3. The number of nitrogens with zero attached hydrogens (tertiary/aromatic N) is 2. The van der Waals surface area contributed by atoms with Crippen LogP contribution in [0, 0.1) is 16.7 Å². The lowest BCUT2D eigenvalue weighted by molar-refractivity contribution is -0.138. The van der Waals surface area contributed by atoms with Crippen LogP contribution in [-0.2, 0) is 4.79 Å². The minimum absolute atomic E-state index is 0.0623. The van der Waals surface area contributed by atoms with Crippen molar-refractivity contribution in [1.82, 2.24) is 4.90 Å². The van der Waals surface area contributed by atoms with Gasteiger partial charge in [-0.25, -0.2) is 0 Å². The van der Waals surface area contributed by atoms with Gasteiger partial charge in [-0.1, -0.05) is 6.92 Å². The molecule has 0 saturated heterocycles. The van der Waals surface area contributed by atoms with Crippen LogP contribution >= 0.6 is 0 Å². The molecule has 0 aromatic rings. The van der Waals surface area contributed by atoms with Crippen molar-refractivity contribution in [3.63, 3.8) is 0 Å². The Kier molecular flexibility index (Phi) is 5.18. The van der Waals surface area contributed by atoms with Gasteiger partial charge in [-0.05, 0) is 20.3 Å². The minimum atomic E-state index is -0.996. The van der Waals surface area contributed by atoms with E-state index in [1.165, 1.54) is 4.90 Å². The van der Waals surface area contributed by atoms with Gasteiger partial charge >= 0.3 is 0 Å². The highest BCUT2D eigenvalue weighted by Crippen LogP contribution is 2.17. The monoisotopic (exact) mass is 198 g/mol. The van der Waals surface area contributed by atoms with E-state index in [4.69, 9.17) is 10.4 Å². The van der Waals surface area contributed by atoms with E-state index in [0.717, 1.165) is 6.42 Å². The third kappa shape index (κ3) is 3.35. The second-order valence-corrected chi connectivity index (χ2v) is 3.75. The number of aliphatic hydroxyl groups excluding tert-OH is 1. The van der Waals surface area contributed by atoms with Crippen LogP contribution in [0.2, 0.25) is 0 Å². The van der Waals surface area contributed by atoms with Gasteiger partial charge < -0.3 is 10.0 Å². The summed E-state index contributed by atoms with van der Waals surface area (Å²) in [6.07, 6.45) is 0.827. The molecule has 0 fully saturated rings. The molecule has 1 N–H and O–H groups in total. The molecule has 0 unspecified atom stereocenters. The molecule has 4 heteroatoms. The van der Waals surface area contributed by atoms with Crippen LogP contribution in [0.25, 0.3) is 0 Å². The van der Waals surface area contributed by atoms with E-state index in [0.29, 0.717) is 13.1 Å². The van der Waals surface area contributed by atoms with Gasteiger partial charge in [0.25, 0.3) is 0 Å². The Bertz CT molecular complexity index is 225. The smallest absolute Gasteiger partial charge is 0.242 e. The summed E-state index contributed by atoms with van der Waals surface area (Å²) < 4.78 is 0. The predicted molar refractivity (Wildman–Crippen MR) is 53.4 cm³/mol. The van der Waals surface area contributed by atoms with Crippen LogP contribution in [0.5, 0.6) is 0 Å². The molecule has 4 nitrogen and oxygen atoms in total. The molecule has 0 rings (SSSR count). The molecule has 0 atom stereocenters. The Morgan fingerprint density at radius 3 is 2.43 bits per heavy atom. The third-order valence-corrected chi connectivity index (χ3v) is 1.96. The largest absolute Gasteiger partial charge is 0.395 e. The number of rotatable bonds is 5. The molecule has 0 aromatic carbocycles. The fourth-order valence-electron chi connectivity index (χ4n) is 1.15. The van der Waals surface area contributed by atoms with Crippen molar-refractivity contribution in [2.75, 3.05) is 19.7 Å². The Morgan fingerprint density at radius 1 is 1.50 bits per heavy atom. The molecule has 0 aliphatic heterocycles. The Hall–Kier alpha value is -1.08. The topological polar surface area (TPSA) is 64.3 Å². The molecule has 1 amide bonds. The van der Waals surface area contributed by atoms with E-state index in [1.807, 2.05) is 13.0 Å². The zero-order valence-electron chi connectivity index (χ0n) is 9.08. The van der Waals surface area contributed by atoms with Gasteiger partial charge in [-0.15, -0.1) is 0 Å². The molecule has 0 heterocycles. The van der Waals surface area contributed by atoms with Crippen LogP contribution in [-0.4, -0.2) is 35.6 Å². The summed E-state index contributed by atoms with van der Waals surface area (Å²) in [5.74, 6) is -0.212. The molecular formula is C10H18N2O2. The molecule has 0 saturated carbocycles. The Morgan fingerprint density at radius 2 is 2.07 bits per heavy atom. The number of aliphatic hydroxyl groups is 1. The first-order valence-corrected chi connectivity index (χ1v) is 4.81. The average Bonchev–Trinajstić information content (AvgIpc) is 2.16. The minimum Gasteiger partial charge on any atom is -0.395 e. The van der Waals surface area contributed by atoms with Gasteiger partial charge in [-0.3, -0.25) is 4.79 Å². The zero-order valence-corrected chi connectivity index (χ0v) is 9.08. The van der Waals surface area contributed by atoms with E-state index in [-0.39, 0.29) is 12.5 Å². The second kappa shape index (κ2) is 5.61. The molecule has 80 valence electrons. The van der Waals surface area contributed by atoms with E-state index >= 15 is 0 Å². The van der Waals surface area contributed by atoms with Crippen LogP contribution in [0.3, 0.4) is 0 Å². The summed E-state index contributed by atoms with van der Waals surface area (Å²) in [5, 5.41) is 17.6. The molecule has 14 heavy (non-hydrogen) atoms. The highest BCUT2D eigenvalue weighted by Gasteiger charge is 2.31. The van der Waals surface area contributed by atoms with Crippen LogP contribution < -0.4 is 0 Å². The first-order chi connectivity index (χ1) is 6.49. The maximum absolute atomic E-state index is 11.8. The fourth-order valence-corrected chi connectivity index (χ4v) is 1.15. The molecule has 0 spiro atoms. The fraction of sp³-hybridized carbons (Fsp3) is 0.800. The summed E-state index contributed by atoms with van der Waals surface area (Å²) in [5.41, 5.74) is -0.996. The maximum atomic E-state index is 11.8. The van der Waals surface area contributed by atoms with Crippen molar-refractivity contribution in [3.8, 4) is 6.07 Å². The van der Waals surface area contributed by atoms with E-state index in [2.05, 4.69) is 0 Å². The van der Waals surface area contributed by atoms with E-state index in [9.17, 15) is 4.79 Å². The van der Waals surface area contributed by atoms with Crippen molar-refractivity contribution in [3.05, 3.63) is 0 Å². The van der Waals surface area contributed by atoms with Crippen molar-refractivity contribution in [2.45, 2.75) is 27.2 Å². The van der Waals surface area contributed by atoms with Gasteiger partial charge in [0.05, 0.1) is 12.7 Å². The van der Waals surface area contributed by atoms with Crippen molar-refractivity contribution >= 4 is 5.91 Å². The van der Waals surface area contributed by atoms with E-state index in [1.54, 1.807) is 13.8 Å². The SMILES string of the molecule is CCCN(CCO)C(=O)C(C)(C)C#N. The molecule has 0 aromatic heterocycles. The van der Waals surface area contributed by atoms with E-state index < -0.39 is 5.41 Å². The van der Waals surface area contributed by atoms with Crippen LogP contribution in [0.4, 0.5) is 0 Å². The molecular weight excluding hydrogens is 180 g/mol. The second-order valence-electron chi connectivity index (χ2n) is 3.75. The van der Waals surface area contributed by atoms with Crippen LogP contribution in [0.1, 0.15) is 27.2 Å². The standard InChI is InChI=1S/C10H18N2O2/c1-4-5-12(6-7-13)9(14)10(2,3)8-11/h13H,4-7H2,1-3H3. The molecule has 0 aliphatic rings. The van der Waals surface area contributed by atoms with Crippen LogP contribution in [0.15, 0.2) is 0 Å². The quantitative estimate of drug-likeness (QED) is 0.709. The van der Waals surface area contributed by atoms with Crippen molar-refractivity contribution < 1.29 is 9.90 Å². The Balaban J connectivity index is 4.52. The third-order valence-electron chi connectivity index (χ3n) is 1.96. The molecule has 0 aliphatic carbocycles. The number of hydrogen-bond donors (Lipinski definition) is 1. The lowest BCUT2D eigenvalue weighted by atomic mass is 9.94. The first-order valence-electron chi connectivity index (χ1n) is 4.81. The van der Waals surface area contributed by atoms with Gasteiger partial charge in [0, 0.05) is 13.1 Å². The highest BCUT2D eigenvalue weighted by molar-refractivity contribution is 5.84. The van der Waals surface area contributed by atoms with Gasteiger partial charge in [0.15, 0.2) is 0 Å². The van der Waals surface area contributed by atoms with Gasteiger partial charge in [0.2, 0.25) is 5.91 Å². The normalized spacial score (nSPS) is 10.8. The molecule has 0 radical (unpaired) electrons. The Labute approximate surface area is 85.1 Å². The summed E-state index contributed by atoms with van der Waals surface area (Å²) in [4.78, 5) is 13.3. The number of hydrogen-bond acceptors (Lipinski definition) is 3. The lowest BCUT2D eigenvalue weighted by Gasteiger charge is -2.26. The number of carbonyl (C=O) groups excluding carboxylic acids is 1. The van der Waals surface area contributed by atoms with Gasteiger partial charge in [-0.2, -0.15) is 5.26 Å².